The highest BCUT2D eigenvalue weighted by Gasteiger charge is 2.43. The van der Waals surface area contributed by atoms with Crippen molar-refractivity contribution >= 4 is 141 Å². The first-order valence-corrected chi connectivity index (χ1v) is 40.2. The monoisotopic (exact) mass is 1600 g/mol. The minimum Gasteiger partial charge on any atom is -0.465 e. The number of nitrogens with zero attached hydrogens (tertiary/aromatic N) is 5. The van der Waals surface area contributed by atoms with E-state index in [0.29, 0.717) is 116 Å². The Morgan fingerprint density at radius 3 is 1.18 bits per heavy atom. The minimum absolute atomic E-state index is 0.0665. The summed E-state index contributed by atoms with van der Waals surface area (Å²) < 4.78 is 29.6. The Labute approximate surface area is 675 Å². The lowest BCUT2D eigenvalue weighted by Crippen LogP contribution is -2.37. The molecule has 0 spiro atoms. The van der Waals surface area contributed by atoms with Gasteiger partial charge in [-0.25, -0.2) is 24.0 Å². The highest BCUT2D eigenvalue weighted by molar-refractivity contribution is 7.11. The van der Waals surface area contributed by atoms with E-state index in [2.05, 4.69) is 0 Å². The summed E-state index contributed by atoms with van der Waals surface area (Å²) in [6.45, 7) is 20.6. The number of methoxy groups -OCH3 is 5. The third-order valence-corrected chi connectivity index (χ3v) is 22.2. The molecular weight excluding hydrogens is 1510 g/mol. The Bertz CT molecular complexity index is 4910. The van der Waals surface area contributed by atoms with Gasteiger partial charge in [-0.15, -0.1) is 45.3 Å². The number of carbonyl (C=O) groups is 10. The van der Waals surface area contributed by atoms with Crippen LogP contribution in [0.4, 0.5) is 5.69 Å². The van der Waals surface area contributed by atoms with E-state index in [0.717, 1.165) is 67.7 Å². The van der Waals surface area contributed by atoms with E-state index in [4.69, 9.17) is 28.1 Å². The van der Waals surface area contributed by atoms with Gasteiger partial charge in [0.1, 0.15) is 5.76 Å². The molecule has 0 radical (unpaired) electrons. The molecule has 1 fully saturated rings. The highest BCUT2D eigenvalue weighted by atomic mass is 32.1. The van der Waals surface area contributed by atoms with E-state index < -0.39 is 29.8 Å². The fraction of sp³-hybridized carbons (Fsp3) is 0.295. The molecule has 1 aliphatic carbocycles. The van der Waals surface area contributed by atoms with Crippen molar-refractivity contribution in [1.29, 1.82) is 0 Å². The predicted molar refractivity (Wildman–Crippen MR) is 442 cm³/mol. The number of amides is 5. The van der Waals surface area contributed by atoms with Crippen molar-refractivity contribution in [2.24, 2.45) is 11.8 Å². The molecule has 13 rings (SSSR count). The molecule has 5 aliphatic heterocycles. The number of aryl methyl sites for hydroxylation is 1. The maximum absolute atomic E-state index is 13.0. The van der Waals surface area contributed by atoms with Crippen LogP contribution in [0.15, 0.2) is 232 Å². The molecule has 590 valence electrons. The fourth-order valence-electron chi connectivity index (χ4n) is 13.6. The number of allylic oxidation sites excluding steroid dienone is 5. The second-order valence-electron chi connectivity index (χ2n) is 27.6. The summed E-state index contributed by atoms with van der Waals surface area (Å²) in [4.78, 5) is 137. The number of furan rings is 1. The van der Waals surface area contributed by atoms with Gasteiger partial charge in [0.2, 0.25) is 0 Å². The smallest absolute Gasteiger partial charge is 0.340 e. The molecule has 5 amide bonds. The van der Waals surface area contributed by atoms with E-state index in [1.54, 1.807) is 95.1 Å². The van der Waals surface area contributed by atoms with Gasteiger partial charge in [-0.05, 0) is 178 Å². The quantitative estimate of drug-likeness (QED) is 0.0440. The summed E-state index contributed by atoms with van der Waals surface area (Å²) in [5, 5.41) is 7.76. The number of anilines is 1. The van der Waals surface area contributed by atoms with E-state index in [1.807, 2.05) is 177 Å². The average molecular weight is 1600 g/mol. The lowest BCUT2D eigenvalue weighted by Gasteiger charge is -2.32. The number of thiophene rings is 4. The van der Waals surface area contributed by atoms with Crippen molar-refractivity contribution in [3.8, 4) is 0 Å². The number of rotatable bonds is 18. The van der Waals surface area contributed by atoms with Crippen LogP contribution in [0.3, 0.4) is 0 Å². The molecule has 0 saturated heterocycles. The molecule has 113 heavy (non-hydrogen) atoms. The van der Waals surface area contributed by atoms with Crippen LogP contribution in [0.5, 0.6) is 0 Å². The number of hydrogen-bond acceptors (Lipinski definition) is 20. The van der Waals surface area contributed by atoms with Crippen LogP contribution in [-0.2, 0) is 78.2 Å². The van der Waals surface area contributed by atoms with Crippen molar-refractivity contribution in [2.75, 3.05) is 53.5 Å². The molecule has 7 aromatic rings. The fourth-order valence-corrected chi connectivity index (χ4v) is 16.3. The topological polar surface area (TPSA) is 246 Å². The third-order valence-electron chi connectivity index (χ3n) is 19.0. The average Bonchev–Trinajstić information content (AvgIpc) is 1.64. The van der Waals surface area contributed by atoms with E-state index >= 15 is 0 Å². The van der Waals surface area contributed by atoms with Crippen LogP contribution in [0.2, 0.25) is 0 Å². The standard InChI is InChI=1S/2C19H17NO3S.C18H21NO3S.C16H19NO4.C16H19NO3S/c1-12-6-4-7-14(10-12)20-13(2)17(19(22)23-3)16(18(20)21)11-15-8-5-9-24-15;1-13-17(19(22)23-2)16(11-15-9-6-10-24-15)18(21)20(13)12-14-7-4-3-5-8-14;1-12-16(18(21)22-2)15(11-14-9-6-10-23-14)17(20)19(12)13-7-4-3-5-8-13;2*1-10(2)9-17-11(3)14(16(19)20-4)13(15(17)18)8-12-6-5-7-21-12/h4-11H,1-3H3;3-11H,12H2,1-2H3;6,9-11,13H,3-5,7-8H2,1-2H3;2*5-8,10H,9H2,1-4H3/b2*16-11-;15-11-;2*13-8-. The Balaban J connectivity index is 0.000000162. The van der Waals surface area contributed by atoms with Crippen molar-refractivity contribution in [3.05, 3.63) is 264 Å². The summed E-state index contributed by atoms with van der Waals surface area (Å²) in [7, 11) is 6.66. The molecule has 0 atom stereocenters. The van der Waals surface area contributed by atoms with Gasteiger partial charge in [0, 0.05) is 72.8 Å². The van der Waals surface area contributed by atoms with Gasteiger partial charge >= 0.3 is 29.8 Å². The van der Waals surface area contributed by atoms with Crippen LogP contribution in [0.25, 0.3) is 30.4 Å². The largest absolute Gasteiger partial charge is 0.465 e. The SMILES string of the molecule is COC(=O)C1=C(C)N(C2CCCCC2)C(=O)/C1=C\c1cccs1.COC(=O)C1=C(C)N(CC(C)C)C(=O)/C1=C\c1ccco1.COC(=O)C1=C(C)N(CC(C)C)C(=O)/C1=C\c1cccs1.COC(=O)C1=C(C)N(Cc2ccccc2)C(=O)/C1=C\c1cccs1.COC(=O)C1=C(C)N(c2cccc(C)c2)C(=O)/C1=C\c1cccs1. The molecule has 1 saturated carbocycles. The predicted octanol–water partition coefficient (Wildman–Crippen LogP) is 17.0. The summed E-state index contributed by atoms with van der Waals surface area (Å²) in [6, 6.07) is 36.3. The van der Waals surface area contributed by atoms with Crippen LogP contribution >= 0.6 is 45.3 Å². The molecule has 5 aromatic heterocycles. The summed E-state index contributed by atoms with van der Waals surface area (Å²) in [5.74, 6) is -2.03. The maximum atomic E-state index is 13.0. The summed E-state index contributed by atoms with van der Waals surface area (Å²) >= 11 is 6.11. The Morgan fingerprint density at radius 1 is 0.416 bits per heavy atom. The van der Waals surface area contributed by atoms with Gasteiger partial charge in [0.05, 0.1) is 104 Å². The lowest BCUT2D eigenvalue weighted by molar-refractivity contribution is -0.136. The first kappa shape index (κ1) is 85.6. The zero-order valence-electron chi connectivity index (χ0n) is 66.0. The van der Waals surface area contributed by atoms with Gasteiger partial charge in [0.25, 0.3) is 29.5 Å². The lowest BCUT2D eigenvalue weighted by atomic mass is 9.94. The van der Waals surface area contributed by atoms with Crippen LogP contribution in [-0.4, -0.2) is 134 Å². The number of ether oxygens (including phenoxy) is 5. The Hall–Kier alpha value is -11.4. The molecule has 0 N–H and O–H groups in total. The van der Waals surface area contributed by atoms with Crippen LogP contribution in [0.1, 0.15) is 131 Å². The zero-order valence-corrected chi connectivity index (χ0v) is 69.3. The first-order valence-electron chi connectivity index (χ1n) is 36.7. The van der Waals surface area contributed by atoms with Gasteiger partial charge in [-0.3, -0.25) is 28.9 Å². The van der Waals surface area contributed by atoms with Crippen molar-refractivity contribution < 1.29 is 76.0 Å². The molecule has 2 aromatic carbocycles. The second kappa shape index (κ2) is 39.7. The molecule has 25 heteroatoms. The minimum atomic E-state index is -0.509. The molecule has 0 unspecified atom stereocenters. The number of esters is 5. The maximum Gasteiger partial charge on any atom is 0.340 e. The summed E-state index contributed by atoms with van der Waals surface area (Å²) in [6.07, 6.45) is 15.7. The third kappa shape index (κ3) is 20.3. The molecule has 10 heterocycles. The van der Waals surface area contributed by atoms with E-state index in [9.17, 15) is 47.9 Å². The second-order valence-corrected chi connectivity index (χ2v) is 31.5. The van der Waals surface area contributed by atoms with Crippen LogP contribution < -0.4 is 4.90 Å². The van der Waals surface area contributed by atoms with Crippen molar-refractivity contribution in [3.63, 3.8) is 0 Å². The molecule has 6 aliphatic rings. The van der Waals surface area contributed by atoms with Crippen molar-refractivity contribution in [1.82, 2.24) is 19.6 Å². The van der Waals surface area contributed by atoms with E-state index in [1.165, 1.54) is 82.2 Å². The molecule has 0 bridgehead atoms. The van der Waals surface area contributed by atoms with Gasteiger partial charge in [0.15, 0.2) is 0 Å². The zero-order chi connectivity index (χ0) is 81.9. The Morgan fingerprint density at radius 2 is 0.796 bits per heavy atom. The molecular formula is C88H93N5O16S4. The first-order chi connectivity index (χ1) is 54.2. The van der Waals surface area contributed by atoms with Crippen molar-refractivity contribution in [2.45, 2.75) is 114 Å². The summed E-state index contributed by atoms with van der Waals surface area (Å²) in [5.41, 5.74) is 9.72. The van der Waals surface area contributed by atoms with Crippen LogP contribution in [0, 0.1) is 18.8 Å². The van der Waals surface area contributed by atoms with E-state index in [-0.39, 0.29) is 35.6 Å². The molecule has 21 nitrogen and oxygen atoms in total. The Kier molecular flexibility index (Phi) is 30.1. The number of hydrogen-bond donors (Lipinski definition) is 0. The normalized spacial score (nSPS) is 17.7. The highest BCUT2D eigenvalue weighted by Crippen LogP contribution is 2.41. The van der Waals surface area contributed by atoms with Gasteiger partial charge < -0.3 is 47.7 Å². The number of carbonyl (C=O) groups excluding carboxylic acids is 10. The van der Waals surface area contributed by atoms with Gasteiger partial charge in [-0.1, -0.05) is 114 Å². The van der Waals surface area contributed by atoms with Gasteiger partial charge in [-0.2, -0.15) is 0 Å². The number of benzene rings is 2.